The van der Waals surface area contributed by atoms with E-state index in [9.17, 15) is 0 Å². The second-order valence-electron chi connectivity index (χ2n) is 4.96. The monoisotopic (exact) mass is 313 g/mol. The van der Waals surface area contributed by atoms with Gasteiger partial charge in [0.15, 0.2) is 0 Å². The molecule has 19 heavy (non-hydrogen) atoms. The molecule has 96 valence electrons. The van der Waals surface area contributed by atoms with Gasteiger partial charge in [-0.15, -0.1) is 0 Å². The molecule has 1 nitrogen and oxygen atoms in total. The van der Waals surface area contributed by atoms with Crippen molar-refractivity contribution in [1.29, 1.82) is 0 Å². The molecule has 1 aliphatic carbocycles. The lowest BCUT2D eigenvalue weighted by molar-refractivity contribution is 1.07. The van der Waals surface area contributed by atoms with E-state index >= 15 is 0 Å². The fourth-order valence-electron chi connectivity index (χ4n) is 2.78. The molecule has 2 N–H and O–H groups in total. The van der Waals surface area contributed by atoms with Crippen LogP contribution in [0.3, 0.4) is 0 Å². The molecule has 0 heterocycles. The van der Waals surface area contributed by atoms with Crippen molar-refractivity contribution in [2.75, 3.05) is 0 Å². The minimum atomic E-state index is 0.574. The number of benzene rings is 2. The maximum absolute atomic E-state index is 5.89. The Balaban J connectivity index is 2.29. The molecule has 0 bridgehead atoms. The Bertz CT molecular complexity index is 671. The van der Waals surface area contributed by atoms with E-state index in [1.165, 1.54) is 37.9 Å². The lowest BCUT2D eigenvalue weighted by Gasteiger charge is -2.15. The number of hydrogen-bond donors (Lipinski definition) is 1. The summed E-state index contributed by atoms with van der Waals surface area (Å²) in [7, 11) is 0. The van der Waals surface area contributed by atoms with Crippen molar-refractivity contribution in [3.05, 3.63) is 63.1 Å². The van der Waals surface area contributed by atoms with Crippen LogP contribution in [-0.2, 0) is 13.0 Å². The van der Waals surface area contributed by atoms with Gasteiger partial charge in [-0.1, -0.05) is 52.3 Å². The fourth-order valence-corrected chi connectivity index (χ4v) is 3.31. The van der Waals surface area contributed by atoms with Gasteiger partial charge >= 0.3 is 0 Å². The van der Waals surface area contributed by atoms with Gasteiger partial charge in [0, 0.05) is 17.4 Å². The molecule has 0 atom stereocenters. The smallest absolute Gasteiger partial charge is 0.0184 e. The second-order valence-corrected chi connectivity index (χ2v) is 5.98. The van der Waals surface area contributed by atoms with Gasteiger partial charge in [-0.25, -0.2) is 0 Å². The maximum atomic E-state index is 5.89. The fraction of sp³-hybridized carbons (Fsp3) is 0.176. The summed E-state index contributed by atoms with van der Waals surface area (Å²) < 4.78 is 1.25. The highest BCUT2D eigenvalue weighted by Crippen LogP contribution is 2.39. The molecule has 1 aliphatic rings. The first-order valence-electron chi connectivity index (χ1n) is 6.47. The molecule has 0 fully saturated rings. The van der Waals surface area contributed by atoms with E-state index < -0.39 is 0 Å². The van der Waals surface area contributed by atoms with Gasteiger partial charge in [0.25, 0.3) is 0 Å². The van der Waals surface area contributed by atoms with E-state index in [1.54, 1.807) is 0 Å². The lowest BCUT2D eigenvalue weighted by Crippen LogP contribution is -2.01. The molecule has 0 radical (unpaired) electrons. The van der Waals surface area contributed by atoms with E-state index in [4.69, 9.17) is 5.73 Å². The number of fused-ring (bicyclic) bond motifs is 1. The topological polar surface area (TPSA) is 26.0 Å². The molecule has 0 aliphatic heterocycles. The van der Waals surface area contributed by atoms with Gasteiger partial charge in [-0.2, -0.15) is 0 Å². The molecule has 2 heteroatoms. The van der Waals surface area contributed by atoms with Gasteiger partial charge in [-0.3, -0.25) is 0 Å². The highest BCUT2D eigenvalue weighted by molar-refractivity contribution is 9.11. The summed E-state index contributed by atoms with van der Waals surface area (Å²) in [5, 5.41) is 0. The standard InChI is InChI=1S/C17H16BrN/c1-11-6-7-12-8-14(18)9-16(12)17(11)15-5-3-2-4-13(15)10-19/h2-7,9H,8,10,19H2,1H3. The number of rotatable bonds is 2. The number of allylic oxidation sites excluding steroid dienone is 1. The Morgan fingerprint density at radius 1 is 1.16 bits per heavy atom. The van der Waals surface area contributed by atoms with Gasteiger partial charge in [-0.05, 0) is 46.4 Å². The minimum Gasteiger partial charge on any atom is -0.326 e. The average Bonchev–Trinajstić information content (AvgIpc) is 2.79. The largest absolute Gasteiger partial charge is 0.326 e. The zero-order chi connectivity index (χ0) is 13.4. The van der Waals surface area contributed by atoms with Crippen LogP contribution >= 0.6 is 15.9 Å². The molecule has 3 rings (SSSR count). The Kier molecular flexibility index (Phi) is 3.29. The van der Waals surface area contributed by atoms with Crippen LogP contribution < -0.4 is 5.73 Å². The number of nitrogens with two attached hydrogens (primary N) is 1. The van der Waals surface area contributed by atoms with Crippen molar-refractivity contribution < 1.29 is 0 Å². The summed E-state index contributed by atoms with van der Waals surface area (Å²) in [6.45, 7) is 2.74. The summed E-state index contributed by atoms with van der Waals surface area (Å²) in [6.07, 6.45) is 3.23. The van der Waals surface area contributed by atoms with E-state index in [-0.39, 0.29) is 0 Å². The minimum absolute atomic E-state index is 0.574. The van der Waals surface area contributed by atoms with E-state index in [0.717, 1.165) is 6.42 Å². The van der Waals surface area contributed by atoms with Crippen LogP contribution in [0.4, 0.5) is 0 Å². The highest BCUT2D eigenvalue weighted by Gasteiger charge is 2.18. The normalized spacial score (nSPS) is 13.3. The summed E-state index contributed by atoms with van der Waals surface area (Å²) in [5.74, 6) is 0. The van der Waals surface area contributed by atoms with Gasteiger partial charge in [0.1, 0.15) is 0 Å². The zero-order valence-electron chi connectivity index (χ0n) is 10.9. The molecular formula is C17H16BrN. The second kappa shape index (κ2) is 4.95. The van der Waals surface area contributed by atoms with E-state index in [1.807, 2.05) is 0 Å². The Labute approximate surface area is 122 Å². The maximum Gasteiger partial charge on any atom is 0.0184 e. The first-order chi connectivity index (χ1) is 9.20. The van der Waals surface area contributed by atoms with Crippen LogP contribution in [0.25, 0.3) is 17.2 Å². The molecule has 0 spiro atoms. The third-order valence-corrected chi connectivity index (χ3v) is 4.22. The zero-order valence-corrected chi connectivity index (χ0v) is 12.5. The highest BCUT2D eigenvalue weighted by atomic mass is 79.9. The van der Waals surface area contributed by atoms with Crippen LogP contribution in [0.5, 0.6) is 0 Å². The summed E-state index contributed by atoms with van der Waals surface area (Å²) in [6, 6.07) is 12.9. The Morgan fingerprint density at radius 2 is 1.95 bits per heavy atom. The molecule has 0 saturated carbocycles. The average molecular weight is 314 g/mol. The quantitative estimate of drug-likeness (QED) is 0.873. The van der Waals surface area contributed by atoms with E-state index in [2.05, 4.69) is 65.3 Å². The SMILES string of the molecule is Cc1ccc2c(c1-c1ccccc1CN)C=C(Br)C2. The van der Waals surface area contributed by atoms with Crippen LogP contribution in [0.2, 0.25) is 0 Å². The molecule has 0 saturated heterocycles. The van der Waals surface area contributed by atoms with Crippen LogP contribution in [0, 0.1) is 6.92 Å². The third-order valence-electron chi connectivity index (χ3n) is 3.71. The molecule has 0 unspecified atom stereocenters. The van der Waals surface area contributed by atoms with Crippen LogP contribution in [-0.4, -0.2) is 0 Å². The van der Waals surface area contributed by atoms with Crippen LogP contribution in [0.15, 0.2) is 40.9 Å². The van der Waals surface area contributed by atoms with Crippen molar-refractivity contribution >= 4 is 22.0 Å². The molecule has 0 aromatic heterocycles. The van der Waals surface area contributed by atoms with Crippen molar-refractivity contribution in [2.45, 2.75) is 19.9 Å². The third kappa shape index (κ3) is 2.15. The van der Waals surface area contributed by atoms with Gasteiger partial charge in [0.05, 0.1) is 0 Å². The first kappa shape index (κ1) is 12.6. The lowest BCUT2D eigenvalue weighted by atomic mass is 9.90. The summed E-state index contributed by atoms with van der Waals surface area (Å²) in [5.41, 5.74) is 13.7. The van der Waals surface area contributed by atoms with Gasteiger partial charge < -0.3 is 5.73 Å². The number of halogens is 1. The van der Waals surface area contributed by atoms with Crippen molar-refractivity contribution in [3.8, 4) is 11.1 Å². The predicted molar refractivity (Wildman–Crippen MR) is 85.1 cm³/mol. The van der Waals surface area contributed by atoms with Gasteiger partial charge in [0.2, 0.25) is 0 Å². The van der Waals surface area contributed by atoms with E-state index in [0.29, 0.717) is 6.54 Å². The van der Waals surface area contributed by atoms with Crippen molar-refractivity contribution in [3.63, 3.8) is 0 Å². The summed E-state index contributed by atoms with van der Waals surface area (Å²) in [4.78, 5) is 0. The molecular weight excluding hydrogens is 298 g/mol. The number of aryl methyl sites for hydroxylation is 1. The number of hydrogen-bond acceptors (Lipinski definition) is 1. The molecule has 2 aromatic rings. The van der Waals surface area contributed by atoms with Crippen LogP contribution in [0.1, 0.15) is 22.3 Å². The summed E-state index contributed by atoms with van der Waals surface area (Å²) >= 11 is 3.62. The first-order valence-corrected chi connectivity index (χ1v) is 7.27. The van der Waals surface area contributed by atoms with Crippen molar-refractivity contribution in [1.82, 2.24) is 0 Å². The molecule has 0 amide bonds. The predicted octanol–water partition coefficient (Wildman–Crippen LogP) is 4.41. The molecule has 2 aromatic carbocycles. The van der Waals surface area contributed by atoms with Crippen molar-refractivity contribution in [2.24, 2.45) is 5.73 Å². The Morgan fingerprint density at radius 3 is 2.74 bits per heavy atom. The Hall–Kier alpha value is -1.38.